The molecule has 1 aromatic heterocycles. The molecule has 1 aliphatic heterocycles. The number of piperidine rings is 1. The van der Waals surface area contributed by atoms with Crippen molar-refractivity contribution in [3.05, 3.63) is 24.3 Å². The molecule has 0 unspecified atom stereocenters. The van der Waals surface area contributed by atoms with E-state index in [1.807, 2.05) is 45.0 Å². The Kier molecular flexibility index (Phi) is 5.15. The largest absolute Gasteiger partial charge is 0.475 e. The average Bonchev–Trinajstić information content (AvgIpc) is 2.58. The maximum atomic E-state index is 12.3. The van der Waals surface area contributed by atoms with Gasteiger partial charge in [-0.2, -0.15) is 0 Å². The fraction of sp³-hybridized carbons (Fsp3) is 0.526. The highest BCUT2D eigenvalue weighted by Gasteiger charge is 2.28. The van der Waals surface area contributed by atoms with Gasteiger partial charge in [-0.15, -0.1) is 0 Å². The Labute approximate surface area is 153 Å². The van der Waals surface area contributed by atoms with Crippen molar-refractivity contribution in [1.82, 2.24) is 14.9 Å². The first kappa shape index (κ1) is 18.2. The lowest BCUT2D eigenvalue weighted by molar-refractivity contribution is 0.0138. The third-order valence-electron chi connectivity index (χ3n) is 4.19. The number of para-hydroxylation sites is 2. The SMILES string of the molecule is CC(C)(C)OC(=O)N1CCC[C@H](COc2nc3ccccc3nc2N)C1. The lowest BCUT2D eigenvalue weighted by atomic mass is 9.99. The third kappa shape index (κ3) is 4.53. The quantitative estimate of drug-likeness (QED) is 0.906. The summed E-state index contributed by atoms with van der Waals surface area (Å²) in [5.74, 6) is 0.838. The van der Waals surface area contributed by atoms with Gasteiger partial charge in [-0.25, -0.2) is 14.8 Å². The minimum absolute atomic E-state index is 0.212. The van der Waals surface area contributed by atoms with Gasteiger partial charge in [0.1, 0.15) is 5.60 Å². The van der Waals surface area contributed by atoms with Crippen molar-refractivity contribution in [3.63, 3.8) is 0 Å². The summed E-state index contributed by atoms with van der Waals surface area (Å²) >= 11 is 0. The Balaban J connectivity index is 1.61. The minimum atomic E-state index is -0.490. The zero-order valence-corrected chi connectivity index (χ0v) is 15.6. The van der Waals surface area contributed by atoms with E-state index in [1.165, 1.54) is 0 Å². The van der Waals surface area contributed by atoms with Crippen LogP contribution >= 0.6 is 0 Å². The van der Waals surface area contributed by atoms with E-state index in [-0.39, 0.29) is 17.8 Å². The van der Waals surface area contributed by atoms with Gasteiger partial charge in [-0.05, 0) is 45.7 Å². The summed E-state index contributed by atoms with van der Waals surface area (Å²) in [6.07, 6.45) is 1.64. The van der Waals surface area contributed by atoms with Crippen LogP contribution in [0.4, 0.5) is 10.6 Å². The zero-order chi connectivity index (χ0) is 18.7. The molecular weight excluding hydrogens is 332 g/mol. The third-order valence-corrected chi connectivity index (χ3v) is 4.19. The van der Waals surface area contributed by atoms with E-state index < -0.39 is 5.60 Å². The topological polar surface area (TPSA) is 90.6 Å². The molecule has 1 saturated heterocycles. The number of anilines is 1. The van der Waals surface area contributed by atoms with Crippen LogP contribution in [0.25, 0.3) is 11.0 Å². The molecule has 1 amide bonds. The minimum Gasteiger partial charge on any atom is -0.475 e. The molecular formula is C19H26N4O3. The first-order chi connectivity index (χ1) is 12.3. The van der Waals surface area contributed by atoms with Gasteiger partial charge in [0.05, 0.1) is 17.6 Å². The van der Waals surface area contributed by atoms with Gasteiger partial charge >= 0.3 is 6.09 Å². The summed E-state index contributed by atoms with van der Waals surface area (Å²) in [6, 6.07) is 7.53. The number of ether oxygens (including phenoxy) is 2. The number of amides is 1. The number of likely N-dealkylation sites (tertiary alicyclic amines) is 1. The molecule has 2 aromatic rings. The molecule has 0 radical (unpaired) electrons. The number of nitrogen functional groups attached to an aromatic ring is 1. The molecule has 140 valence electrons. The molecule has 7 heteroatoms. The van der Waals surface area contributed by atoms with Gasteiger partial charge in [-0.3, -0.25) is 0 Å². The van der Waals surface area contributed by atoms with Crippen LogP contribution in [-0.4, -0.2) is 46.3 Å². The smallest absolute Gasteiger partial charge is 0.410 e. The van der Waals surface area contributed by atoms with E-state index in [0.717, 1.165) is 23.9 Å². The summed E-state index contributed by atoms with van der Waals surface area (Å²) in [5, 5.41) is 0. The first-order valence-corrected chi connectivity index (χ1v) is 8.95. The average molecular weight is 358 g/mol. The fourth-order valence-corrected chi connectivity index (χ4v) is 2.99. The van der Waals surface area contributed by atoms with Crippen molar-refractivity contribution < 1.29 is 14.3 Å². The number of nitrogens with two attached hydrogens (primary N) is 1. The predicted molar refractivity (Wildman–Crippen MR) is 100.0 cm³/mol. The van der Waals surface area contributed by atoms with Crippen molar-refractivity contribution in [2.45, 2.75) is 39.2 Å². The highest BCUT2D eigenvalue weighted by molar-refractivity contribution is 5.76. The maximum Gasteiger partial charge on any atom is 0.410 e. The summed E-state index contributed by atoms with van der Waals surface area (Å²) in [5.41, 5.74) is 6.96. The molecule has 0 spiro atoms. The highest BCUT2D eigenvalue weighted by Crippen LogP contribution is 2.24. The molecule has 0 aliphatic carbocycles. The number of fused-ring (bicyclic) bond motifs is 1. The second-order valence-electron chi connectivity index (χ2n) is 7.65. The van der Waals surface area contributed by atoms with Crippen LogP contribution in [0, 0.1) is 5.92 Å². The van der Waals surface area contributed by atoms with Crippen molar-refractivity contribution in [2.75, 3.05) is 25.4 Å². The number of hydrogen-bond acceptors (Lipinski definition) is 6. The number of hydrogen-bond donors (Lipinski definition) is 1. The molecule has 2 N–H and O–H groups in total. The summed E-state index contributed by atoms with van der Waals surface area (Å²) < 4.78 is 11.3. The lowest BCUT2D eigenvalue weighted by Gasteiger charge is -2.33. The molecule has 1 aromatic carbocycles. The Bertz CT molecular complexity index is 788. The fourth-order valence-electron chi connectivity index (χ4n) is 2.99. The van der Waals surface area contributed by atoms with E-state index in [1.54, 1.807) is 4.90 Å². The standard InChI is InChI=1S/C19H26N4O3/c1-19(2,3)26-18(24)23-10-6-7-13(11-23)12-25-17-16(20)21-14-8-4-5-9-15(14)22-17/h4-5,8-9,13H,6-7,10-12H2,1-3H3,(H2,20,21)/t13-/m0/s1. The van der Waals surface area contributed by atoms with Crippen LogP contribution in [0.2, 0.25) is 0 Å². The van der Waals surface area contributed by atoms with Crippen molar-refractivity contribution >= 4 is 22.9 Å². The van der Waals surface area contributed by atoms with Gasteiger partial charge in [0.15, 0.2) is 5.82 Å². The Morgan fingerprint density at radius 2 is 1.96 bits per heavy atom. The highest BCUT2D eigenvalue weighted by atomic mass is 16.6. The normalized spacial score (nSPS) is 18.0. The van der Waals surface area contributed by atoms with Crippen LogP contribution in [0.5, 0.6) is 5.88 Å². The molecule has 1 aliphatic rings. The van der Waals surface area contributed by atoms with Gasteiger partial charge in [0.25, 0.3) is 5.88 Å². The number of benzene rings is 1. The van der Waals surface area contributed by atoms with Crippen LogP contribution in [0.1, 0.15) is 33.6 Å². The number of carbonyl (C=O) groups excluding carboxylic acids is 1. The summed E-state index contributed by atoms with van der Waals surface area (Å²) in [7, 11) is 0. The molecule has 0 saturated carbocycles. The molecule has 3 rings (SSSR count). The Morgan fingerprint density at radius 1 is 1.27 bits per heavy atom. The van der Waals surface area contributed by atoms with Gasteiger partial charge in [0, 0.05) is 19.0 Å². The second-order valence-corrected chi connectivity index (χ2v) is 7.65. The lowest BCUT2D eigenvalue weighted by Crippen LogP contribution is -2.44. The molecule has 1 atom stereocenters. The molecule has 7 nitrogen and oxygen atoms in total. The number of nitrogens with zero attached hydrogens (tertiary/aromatic N) is 3. The van der Waals surface area contributed by atoms with Crippen LogP contribution in [-0.2, 0) is 4.74 Å². The van der Waals surface area contributed by atoms with E-state index in [0.29, 0.717) is 25.6 Å². The van der Waals surface area contributed by atoms with Crippen molar-refractivity contribution in [2.24, 2.45) is 5.92 Å². The molecule has 26 heavy (non-hydrogen) atoms. The summed E-state index contributed by atoms with van der Waals surface area (Å²) in [4.78, 5) is 22.8. The molecule has 1 fully saturated rings. The zero-order valence-electron chi connectivity index (χ0n) is 15.6. The van der Waals surface area contributed by atoms with Gasteiger partial charge in [-0.1, -0.05) is 12.1 Å². The van der Waals surface area contributed by atoms with Crippen LogP contribution in [0.3, 0.4) is 0 Å². The van der Waals surface area contributed by atoms with Gasteiger partial charge in [0.2, 0.25) is 0 Å². The Morgan fingerprint density at radius 3 is 2.65 bits per heavy atom. The summed E-state index contributed by atoms with van der Waals surface area (Å²) in [6.45, 7) is 7.37. The molecule has 2 heterocycles. The van der Waals surface area contributed by atoms with Crippen molar-refractivity contribution in [1.29, 1.82) is 0 Å². The predicted octanol–water partition coefficient (Wildman–Crippen LogP) is 3.24. The van der Waals surface area contributed by atoms with E-state index in [2.05, 4.69) is 9.97 Å². The van der Waals surface area contributed by atoms with Crippen LogP contribution in [0.15, 0.2) is 24.3 Å². The van der Waals surface area contributed by atoms with E-state index in [4.69, 9.17) is 15.2 Å². The monoisotopic (exact) mass is 358 g/mol. The number of carbonyl (C=O) groups is 1. The first-order valence-electron chi connectivity index (χ1n) is 8.95. The number of aromatic nitrogens is 2. The van der Waals surface area contributed by atoms with Crippen LogP contribution < -0.4 is 10.5 Å². The van der Waals surface area contributed by atoms with Gasteiger partial charge < -0.3 is 20.1 Å². The number of rotatable bonds is 3. The van der Waals surface area contributed by atoms with E-state index in [9.17, 15) is 4.79 Å². The Hall–Kier alpha value is -2.57. The maximum absolute atomic E-state index is 12.3. The van der Waals surface area contributed by atoms with Crippen molar-refractivity contribution in [3.8, 4) is 5.88 Å². The molecule has 0 bridgehead atoms. The second kappa shape index (κ2) is 7.35. The van der Waals surface area contributed by atoms with E-state index >= 15 is 0 Å².